The van der Waals surface area contributed by atoms with Gasteiger partial charge in [-0.15, -0.1) is 0 Å². The van der Waals surface area contributed by atoms with Crippen LogP contribution in [-0.4, -0.2) is 28.5 Å². The molecule has 0 aliphatic carbocycles. The smallest absolute Gasteiger partial charge is 0.264 e. The van der Waals surface area contributed by atoms with Gasteiger partial charge >= 0.3 is 0 Å². The Labute approximate surface area is 151 Å². The van der Waals surface area contributed by atoms with Crippen LogP contribution in [0.4, 0.5) is 0 Å². The van der Waals surface area contributed by atoms with E-state index in [-0.39, 0.29) is 4.90 Å². The summed E-state index contributed by atoms with van der Waals surface area (Å²) >= 11 is 5.72. The molecular formula is C17H16ClNO5S. The minimum absolute atomic E-state index is 0.0578. The minimum atomic E-state index is -3.97. The van der Waals surface area contributed by atoms with Gasteiger partial charge < -0.3 is 9.47 Å². The molecule has 0 atom stereocenters. The number of benzene rings is 2. The van der Waals surface area contributed by atoms with Gasteiger partial charge in [0, 0.05) is 16.7 Å². The van der Waals surface area contributed by atoms with Crippen LogP contribution in [0.25, 0.3) is 6.08 Å². The summed E-state index contributed by atoms with van der Waals surface area (Å²) in [6.07, 6.45) is 2.54. The summed E-state index contributed by atoms with van der Waals surface area (Å²) < 4.78 is 36.6. The van der Waals surface area contributed by atoms with E-state index in [0.29, 0.717) is 22.1 Å². The molecule has 2 aromatic carbocycles. The maximum absolute atomic E-state index is 12.1. The van der Waals surface area contributed by atoms with Gasteiger partial charge in [0.05, 0.1) is 19.1 Å². The summed E-state index contributed by atoms with van der Waals surface area (Å²) in [5.41, 5.74) is 0.570. The molecule has 1 amide bonds. The van der Waals surface area contributed by atoms with Crippen LogP contribution in [-0.2, 0) is 14.8 Å². The monoisotopic (exact) mass is 381 g/mol. The molecule has 6 nitrogen and oxygen atoms in total. The van der Waals surface area contributed by atoms with Gasteiger partial charge in [-0.1, -0.05) is 23.7 Å². The van der Waals surface area contributed by atoms with Crippen LogP contribution in [0.15, 0.2) is 53.4 Å². The standard InChI is InChI=1S/C17H16ClNO5S/c1-23-15-5-3-4-12(17(15)24-2)6-11-16(20)19-25(21,22)14-9-7-13(18)8-10-14/h3-11H,1-2H3,(H,19,20)/b11-6+. The van der Waals surface area contributed by atoms with Crippen molar-refractivity contribution >= 4 is 33.6 Å². The predicted octanol–water partition coefficient (Wildman–Crippen LogP) is 2.88. The van der Waals surface area contributed by atoms with Crippen molar-refractivity contribution in [3.05, 3.63) is 59.1 Å². The fourth-order valence-corrected chi connectivity index (χ4v) is 3.12. The third-order valence-electron chi connectivity index (χ3n) is 3.21. The average molecular weight is 382 g/mol. The highest BCUT2D eigenvalue weighted by atomic mass is 35.5. The summed E-state index contributed by atoms with van der Waals surface area (Å²) in [5.74, 6) is 0.147. The Morgan fingerprint density at radius 1 is 1.08 bits per heavy atom. The first kappa shape index (κ1) is 18.8. The Morgan fingerprint density at radius 3 is 2.36 bits per heavy atom. The zero-order valence-corrected chi connectivity index (χ0v) is 15.1. The first-order valence-corrected chi connectivity index (χ1v) is 8.95. The molecule has 0 unspecified atom stereocenters. The Bertz CT molecular complexity index is 892. The number of hydrogen-bond acceptors (Lipinski definition) is 5. The van der Waals surface area contributed by atoms with Gasteiger partial charge in [0.1, 0.15) is 0 Å². The van der Waals surface area contributed by atoms with Crippen molar-refractivity contribution in [2.24, 2.45) is 0 Å². The van der Waals surface area contributed by atoms with E-state index in [0.717, 1.165) is 6.08 Å². The second-order valence-electron chi connectivity index (χ2n) is 4.84. The summed E-state index contributed by atoms with van der Waals surface area (Å²) in [4.78, 5) is 11.9. The van der Waals surface area contributed by atoms with Crippen LogP contribution in [0.3, 0.4) is 0 Å². The van der Waals surface area contributed by atoms with Crippen molar-refractivity contribution in [3.63, 3.8) is 0 Å². The van der Waals surface area contributed by atoms with Crippen molar-refractivity contribution < 1.29 is 22.7 Å². The maximum atomic E-state index is 12.1. The summed E-state index contributed by atoms with van der Waals surface area (Å²) in [5, 5.41) is 0.398. The third-order valence-corrected chi connectivity index (χ3v) is 4.82. The Kier molecular flexibility index (Phi) is 6.06. The number of halogens is 1. The number of methoxy groups -OCH3 is 2. The van der Waals surface area contributed by atoms with Crippen molar-refractivity contribution in [2.45, 2.75) is 4.90 Å². The number of sulfonamides is 1. The average Bonchev–Trinajstić information content (AvgIpc) is 2.59. The third kappa shape index (κ3) is 4.74. The lowest BCUT2D eigenvalue weighted by atomic mass is 10.1. The molecule has 0 aliphatic rings. The Morgan fingerprint density at radius 2 is 1.76 bits per heavy atom. The maximum Gasteiger partial charge on any atom is 0.264 e. The molecular weight excluding hydrogens is 366 g/mol. The first-order valence-electron chi connectivity index (χ1n) is 7.09. The molecule has 0 aliphatic heterocycles. The van der Waals surface area contributed by atoms with Crippen molar-refractivity contribution in [1.82, 2.24) is 4.72 Å². The van der Waals surface area contributed by atoms with Crippen molar-refractivity contribution in [1.29, 1.82) is 0 Å². The van der Waals surface area contributed by atoms with E-state index >= 15 is 0 Å². The molecule has 8 heteroatoms. The van der Waals surface area contributed by atoms with E-state index in [9.17, 15) is 13.2 Å². The molecule has 2 rings (SSSR count). The zero-order valence-electron chi connectivity index (χ0n) is 13.5. The minimum Gasteiger partial charge on any atom is -0.493 e. The lowest BCUT2D eigenvalue weighted by Gasteiger charge is -2.09. The van der Waals surface area contributed by atoms with Crippen LogP contribution in [0.2, 0.25) is 5.02 Å². The molecule has 0 saturated carbocycles. The number of para-hydroxylation sites is 1. The molecule has 0 heterocycles. The van der Waals surface area contributed by atoms with Gasteiger partial charge in [0.25, 0.3) is 15.9 Å². The number of carbonyl (C=O) groups excluding carboxylic acids is 1. The van der Waals surface area contributed by atoms with E-state index < -0.39 is 15.9 Å². The summed E-state index contributed by atoms with van der Waals surface area (Å²) in [7, 11) is -1.01. The highest BCUT2D eigenvalue weighted by molar-refractivity contribution is 7.90. The molecule has 0 radical (unpaired) electrons. The molecule has 1 N–H and O–H groups in total. The normalized spacial score (nSPS) is 11.3. The molecule has 25 heavy (non-hydrogen) atoms. The van der Waals surface area contributed by atoms with Gasteiger partial charge in [-0.25, -0.2) is 13.1 Å². The number of hydrogen-bond donors (Lipinski definition) is 1. The van der Waals surface area contributed by atoms with Crippen molar-refractivity contribution in [3.8, 4) is 11.5 Å². The number of ether oxygens (including phenoxy) is 2. The van der Waals surface area contributed by atoms with E-state index in [1.165, 1.54) is 44.6 Å². The molecule has 0 fully saturated rings. The summed E-state index contributed by atoms with van der Waals surface area (Å²) in [6, 6.07) is 10.6. The van der Waals surface area contributed by atoms with Gasteiger partial charge in [-0.2, -0.15) is 0 Å². The van der Waals surface area contributed by atoms with E-state index in [4.69, 9.17) is 21.1 Å². The van der Waals surface area contributed by atoms with Crippen LogP contribution in [0.1, 0.15) is 5.56 Å². The van der Waals surface area contributed by atoms with Crippen LogP contribution in [0, 0.1) is 0 Å². The molecule has 2 aromatic rings. The predicted molar refractivity (Wildman–Crippen MR) is 95.4 cm³/mol. The van der Waals surface area contributed by atoms with Gasteiger partial charge in [0.15, 0.2) is 11.5 Å². The number of nitrogens with one attached hydrogen (secondary N) is 1. The van der Waals surface area contributed by atoms with Crippen LogP contribution in [0.5, 0.6) is 11.5 Å². The number of rotatable bonds is 6. The fourth-order valence-electron chi connectivity index (χ4n) is 2.05. The number of amides is 1. The zero-order chi connectivity index (χ0) is 18.4. The van der Waals surface area contributed by atoms with E-state index in [2.05, 4.69) is 0 Å². The largest absolute Gasteiger partial charge is 0.493 e. The lowest BCUT2D eigenvalue weighted by molar-refractivity contribution is -0.114. The highest BCUT2D eigenvalue weighted by Crippen LogP contribution is 2.31. The lowest BCUT2D eigenvalue weighted by Crippen LogP contribution is -2.28. The fraction of sp³-hybridized carbons (Fsp3) is 0.118. The second kappa shape index (κ2) is 8.04. The molecule has 132 valence electrons. The quantitative estimate of drug-likeness (QED) is 0.778. The SMILES string of the molecule is COc1cccc(/C=C/C(=O)NS(=O)(=O)c2ccc(Cl)cc2)c1OC. The summed E-state index contributed by atoms with van der Waals surface area (Å²) in [6.45, 7) is 0. The molecule has 0 spiro atoms. The van der Waals surface area contributed by atoms with Gasteiger partial charge in [0.2, 0.25) is 0 Å². The molecule has 0 saturated heterocycles. The van der Waals surface area contributed by atoms with Gasteiger partial charge in [-0.05, 0) is 36.4 Å². The van der Waals surface area contributed by atoms with E-state index in [1.54, 1.807) is 18.2 Å². The first-order chi connectivity index (χ1) is 11.9. The second-order valence-corrected chi connectivity index (χ2v) is 6.96. The highest BCUT2D eigenvalue weighted by Gasteiger charge is 2.16. The van der Waals surface area contributed by atoms with Gasteiger partial charge in [-0.3, -0.25) is 4.79 Å². The Hall–Kier alpha value is -2.51. The topological polar surface area (TPSA) is 81.7 Å². The van der Waals surface area contributed by atoms with Crippen LogP contribution < -0.4 is 14.2 Å². The molecule has 0 aromatic heterocycles. The Balaban J connectivity index is 2.17. The molecule has 0 bridgehead atoms. The van der Waals surface area contributed by atoms with Crippen LogP contribution >= 0.6 is 11.6 Å². The van der Waals surface area contributed by atoms with E-state index in [1.807, 2.05) is 4.72 Å². The van der Waals surface area contributed by atoms with Crippen molar-refractivity contribution in [2.75, 3.05) is 14.2 Å². The number of carbonyl (C=O) groups is 1.